The molecule has 1 aliphatic rings. The van der Waals surface area contributed by atoms with Gasteiger partial charge < -0.3 is 14.9 Å². The minimum absolute atomic E-state index is 0.0267. The summed E-state index contributed by atoms with van der Waals surface area (Å²) in [6, 6.07) is 0. The second-order valence-corrected chi connectivity index (χ2v) is 7.97. The lowest BCUT2D eigenvalue weighted by molar-refractivity contribution is -0.142. The molecule has 0 aliphatic carbocycles. The fraction of sp³-hybridized carbons (Fsp3) is 0.700. The average Bonchev–Trinajstić information content (AvgIpc) is 2.71. The van der Waals surface area contributed by atoms with Crippen LogP contribution in [0.3, 0.4) is 0 Å². The van der Waals surface area contributed by atoms with Crippen molar-refractivity contribution in [2.24, 2.45) is 5.92 Å². The molecule has 0 fully saturated rings. The Kier molecular flexibility index (Phi) is 7.42. The van der Waals surface area contributed by atoms with Crippen molar-refractivity contribution in [2.45, 2.75) is 84.3 Å². The summed E-state index contributed by atoms with van der Waals surface area (Å²) in [5.41, 5.74) is -0.661. The van der Waals surface area contributed by atoms with E-state index in [1.807, 2.05) is 0 Å². The molecule has 0 aromatic heterocycles. The topological polar surface area (TPSA) is 83.8 Å². The van der Waals surface area contributed by atoms with Crippen LogP contribution in [0.2, 0.25) is 0 Å². The van der Waals surface area contributed by atoms with E-state index in [9.17, 15) is 14.7 Å². The number of carboxylic acids is 1. The van der Waals surface area contributed by atoms with Crippen molar-refractivity contribution in [2.75, 3.05) is 0 Å². The van der Waals surface area contributed by atoms with E-state index in [1.54, 1.807) is 26.8 Å². The van der Waals surface area contributed by atoms with Crippen LogP contribution in [0, 0.1) is 5.92 Å². The molecule has 2 atom stereocenters. The highest BCUT2D eigenvalue weighted by Crippen LogP contribution is 2.31. The van der Waals surface area contributed by atoms with E-state index in [2.05, 4.69) is 19.9 Å². The summed E-state index contributed by atoms with van der Waals surface area (Å²) >= 11 is 0. The fourth-order valence-corrected chi connectivity index (χ4v) is 2.90. The lowest BCUT2D eigenvalue weighted by Gasteiger charge is -2.21. The third-order valence-electron chi connectivity index (χ3n) is 4.64. The van der Waals surface area contributed by atoms with Gasteiger partial charge in [0.2, 0.25) is 5.78 Å². The molecule has 25 heavy (non-hydrogen) atoms. The number of carbonyl (C=O) groups is 2. The van der Waals surface area contributed by atoms with E-state index < -0.39 is 17.2 Å². The van der Waals surface area contributed by atoms with Crippen molar-refractivity contribution in [1.82, 2.24) is 0 Å². The van der Waals surface area contributed by atoms with Crippen LogP contribution in [0.5, 0.6) is 0 Å². The number of carboxylic acid groups (broad SMARTS) is 1. The van der Waals surface area contributed by atoms with Gasteiger partial charge in [-0.15, -0.1) is 0 Å². The minimum atomic E-state index is -1.16. The van der Waals surface area contributed by atoms with Gasteiger partial charge in [-0.1, -0.05) is 18.6 Å². The molecule has 0 aromatic carbocycles. The number of aliphatic carboxylic acids is 1. The summed E-state index contributed by atoms with van der Waals surface area (Å²) in [6.45, 7) is 9.26. The first-order chi connectivity index (χ1) is 11.4. The molecule has 5 nitrogen and oxygen atoms in total. The monoisotopic (exact) mass is 352 g/mol. The maximum Gasteiger partial charge on any atom is 0.306 e. The van der Waals surface area contributed by atoms with Crippen molar-refractivity contribution >= 4 is 11.8 Å². The van der Waals surface area contributed by atoms with Gasteiger partial charge in [0, 0.05) is 12.0 Å². The quantitative estimate of drug-likeness (QED) is 0.580. The second-order valence-electron chi connectivity index (χ2n) is 7.97. The lowest BCUT2D eigenvalue weighted by Crippen LogP contribution is -2.28. The zero-order valence-electron chi connectivity index (χ0n) is 16.1. The highest BCUT2D eigenvalue weighted by molar-refractivity contribution is 5.98. The number of carbonyl (C=O) groups excluding carboxylic acids is 1. The highest BCUT2D eigenvalue weighted by Gasteiger charge is 2.36. The number of hydrogen-bond acceptors (Lipinski definition) is 4. The number of ketones is 1. The molecule has 0 saturated carbocycles. The van der Waals surface area contributed by atoms with Crippen LogP contribution in [-0.4, -0.2) is 33.2 Å². The Morgan fingerprint density at radius 2 is 2.08 bits per heavy atom. The summed E-state index contributed by atoms with van der Waals surface area (Å²) in [7, 11) is 0. The molecule has 1 heterocycles. The van der Waals surface area contributed by atoms with Gasteiger partial charge in [-0.25, -0.2) is 0 Å². The van der Waals surface area contributed by atoms with E-state index in [0.717, 1.165) is 25.0 Å². The number of aliphatic hydroxyl groups is 1. The third-order valence-corrected chi connectivity index (χ3v) is 4.64. The summed E-state index contributed by atoms with van der Waals surface area (Å²) in [6.07, 6.45) is 7.43. The molecule has 142 valence electrons. The average molecular weight is 352 g/mol. The smallest absolute Gasteiger partial charge is 0.306 e. The molecule has 2 N–H and O–H groups in total. The van der Waals surface area contributed by atoms with Gasteiger partial charge in [0.1, 0.15) is 5.76 Å². The predicted octanol–water partition coefficient (Wildman–Crippen LogP) is 4.01. The van der Waals surface area contributed by atoms with Gasteiger partial charge >= 0.3 is 5.97 Å². The summed E-state index contributed by atoms with van der Waals surface area (Å²) in [4.78, 5) is 22.5. The standard InChI is InChI=1S/C20H32O5/c1-14(9-7-11-20(5,24)13-18(22)23)8-6-10-15(2)16-12-17(21)19(3,4)25-16/h9,12,15,24H,6-8,10-11,13H2,1-5H3,(H,22,23)/b14-9+/t15?,20-/m0/s1. The Balaban J connectivity index is 2.32. The van der Waals surface area contributed by atoms with Crippen LogP contribution >= 0.6 is 0 Å². The Labute approximate surface area is 150 Å². The van der Waals surface area contributed by atoms with Gasteiger partial charge in [0.05, 0.1) is 12.0 Å². The largest absolute Gasteiger partial charge is 0.484 e. The molecular formula is C20H32O5. The van der Waals surface area contributed by atoms with Crippen molar-refractivity contribution in [3.8, 4) is 0 Å². The summed E-state index contributed by atoms with van der Waals surface area (Å²) in [5.74, 6) is 0.0415. The van der Waals surface area contributed by atoms with Gasteiger partial charge in [-0.3, -0.25) is 9.59 Å². The first-order valence-electron chi connectivity index (χ1n) is 8.98. The first-order valence-corrected chi connectivity index (χ1v) is 8.98. The van der Waals surface area contributed by atoms with Crippen LogP contribution in [0.15, 0.2) is 23.5 Å². The fourth-order valence-electron chi connectivity index (χ4n) is 2.90. The first kappa shape index (κ1) is 21.4. The van der Waals surface area contributed by atoms with Crippen molar-refractivity contribution in [3.05, 3.63) is 23.5 Å². The summed E-state index contributed by atoms with van der Waals surface area (Å²) < 4.78 is 5.74. The molecule has 0 aromatic rings. The summed E-state index contributed by atoms with van der Waals surface area (Å²) in [5, 5.41) is 18.7. The molecule has 0 spiro atoms. The van der Waals surface area contributed by atoms with Crippen LogP contribution in [0.25, 0.3) is 0 Å². The van der Waals surface area contributed by atoms with Gasteiger partial charge in [0.25, 0.3) is 0 Å². The van der Waals surface area contributed by atoms with Crippen LogP contribution in [0.1, 0.15) is 73.1 Å². The molecule has 0 radical (unpaired) electrons. The Morgan fingerprint density at radius 1 is 1.44 bits per heavy atom. The van der Waals surface area contributed by atoms with Gasteiger partial charge in [0.15, 0.2) is 5.60 Å². The minimum Gasteiger partial charge on any atom is -0.484 e. The number of hydrogen-bond donors (Lipinski definition) is 2. The lowest BCUT2D eigenvalue weighted by atomic mass is 9.94. The third kappa shape index (κ3) is 7.43. The maximum atomic E-state index is 11.8. The predicted molar refractivity (Wildman–Crippen MR) is 97.1 cm³/mol. The molecule has 5 heteroatoms. The van der Waals surface area contributed by atoms with Crippen molar-refractivity contribution in [3.63, 3.8) is 0 Å². The van der Waals surface area contributed by atoms with Gasteiger partial charge in [-0.05, 0) is 59.8 Å². The van der Waals surface area contributed by atoms with E-state index >= 15 is 0 Å². The van der Waals surface area contributed by atoms with Crippen LogP contribution < -0.4 is 0 Å². The Bertz CT molecular complexity index is 554. The molecule has 0 bridgehead atoms. The zero-order chi connectivity index (χ0) is 19.3. The Hall–Kier alpha value is -1.62. The van der Waals surface area contributed by atoms with Crippen LogP contribution in [-0.2, 0) is 14.3 Å². The highest BCUT2D eigenvalue weighted by atomic mass is 16.5. The number of rotatable bonds is 10. The van der Waals surface area contributed by atoms with Crippen molar-refractivity contribution in [1.29, 1.82) is 0 Å². The molecule has 1 rings (SSSR count). The van der Waals surface area contributed by atoms with Crippen LogP contribution in [0.4, 0.5) is 0 Å². The maximum absolute atomic E-state index is 11.8. The van der Waals surface area contributed by atoms with E-state index in [-0.39, 0.29) is 18.1 Å². The normalized spacial score (nSPS) is 20.6. The molecular weight excluding hydrogens is 320 g/mol. The second kappa shape index (κ2) is 8.65. The van der Waals surface area contributed by atoms with Gasteiger partial charge in [-0.2, -0.15) is 0 Å². The SMILES string of the molecule is C/C(=C\CC[C@](C)(O)CC(=O)O)CCCC(C)C1=CC(=O)C(C)(C)O1. The van der Waals surface area contributed by atoms with E-state index in [1.165, 1.54) is 5.57 Å². The van der Waals surface area contributed by atoms with E-state index in [0.29, 0.717) is 12.8 Å². The number of ether oxygens (including phenoxy) is 1. The number of allylic oxidation sites excluding steroid dienone is 3. The molecule has 0 saturated heterocycles. The van der Waals surface area contributed by atoms with E-state index in [4.69, 9.17) is 9.84 Å². The molecule has 1 aliphatic heterocycles. The molecule has 1 unspecified atom stereocenters. The van der Waals surface area contributed by atoms with Crippen molar-refractivity contribution < 1.29 is 24.5 Å². The molecule has 0 amide bonds. The Morgan fingerprint density at radius 3 is 2.60 bits per heavy atom. The zero-order valence-corrected chi connectivity index (χ0v) is 16.1.